The van der Waals surface area contributed by atoms with Crippen molar-refractivity contribution in [2.45, 2.75) is 50.4 Å². The number of nitrogens with one attached hydrogen (secondary N) is 2. The van der Waals surface area contributed by atoms with E-state index < -0.39 is 29.2 Å². The minimum absolute atomic E-state index is 0.00832. The van der Waals surface area contributed by atoms with Gasteiger partial charge in [-0.05, 0) is 29.9 Å². The van der Waals surface area contributed by atoms with Gasteiger partial charge in [-0.25, -0.2) is 4.79 Å². The number of thiol groups is 1. The number of carbonyl (C=O) groups is 3. The number of aliphatic carboxylic acids is 1. The minimum atomic E-state index is -1.13. The molecule has 7 heteroatoms. The van der Waals surface area contributed by atoms with Crippen molar-refractivity contribution >= 4 is 30.4 Å². The first kappa shape index (κ1) is 24.5. The molecule has 0 fully saturated rings. The summed E-state index contributed by atoms with van der Waals surface area (Å²) in [7, 11) is 0. The number of amides is 2. The van der Waals surface area contributed by atoms with Crippen LogP contribution in [0.5, 0.6) is 0 Å². The second-order valence-electron chi connectivity index (χ2n) is 7.86. The van der Waals surface area contributed by atoms with Crippen LogP contribution in [-0.2, 0) is 27.2 Å². The predicted molar refractivity (Wildman–Crippen MR) is 124 cm³/mol. The lowest BCUT2D eigenvalue weighted by molar-refractivity contribution is -0.142. The molecule has 0 bridgehead atoms. The summed E-state index contributed by atoms with van der Waals surface area (Å²) in [6.07, 6.45) is 1.06. The van der Waals surface area contributed by atoms with E-state index >= 15 is 0 Å². The molecular formula is C24H30N2O4S. The van der Waals surface area contributed by atoms with Crippen LogP contribution < -0.4 is 10.6 Å². The van der Waals surface area contributed by atoms with Crippen molar-refractivity contribution in [1.29, 1.82) is 0 Å². The van der Waals surface area contributed by atoms with E-state index in [4.69, 9.17) is 0 Å². The van der Waals surface area contributed by atoms with Gasteiger partial charge in [-0.3, -0.25) is 9.59 Å². The van der Waals surface area contributed by atoms with Crippen LogP contribution in [0.4, 0.5) is 0 Å². The monoisotopic (exact) mass is 442 g/mol. The van der Waals surface area contributed by atoms with E-state index in [0.29, 0.717) is 12.8 Å². The Kier molecular flexibility index (Phi) is 9.59. The molecule has 0 aliphatic rings. The van der Waals surface area contributed by atoms with Gasteiger partial charge in [0.05, 0.1) is 5.25 Å². The van der Waals surface area contributed by atoms with Crippen molar-refractivity contribution in [3.8, 4) is 0 Å². The maximum atomic E-state index is 13.0. The highest BCUT2D eigenvalue weighted by Gasteiger charge is 2.28. The van der Waals surface area contributed by atoms with Crippen LogP contribution >= 0.6 is 12.6 Å². The predicted octanol–water partition coefficient (Wildman–Crippen LogP) is 2.87. The zero-order valence-corrected chi connectivity index (χ0v) is 18.7. The molecule has 0 spiro atoms. The molecule has 1 unspecified atom stereocenters. The zero-order chi connectivity index (χ0) is 22.8. The van der Waals surface area contributed by atoms with Gasteiger partial charge in [0.25, 0.3) is 0 Å². The van der Waals surface area contributed by atoms with Gasteiger partial charge in [-0.1, -0.05) is 74.5 Å². The van der Waals surface area contributed by atoms with Gasteiger partial charge in [0.1, 0.15) is 12.1 Å². The van der Waals surface area contributed by atoms with Crippen LogP contribution in [0.3, 0.4) is 0 Å². The van der Waals surface area contributed by atoms with Crippen molar-refractivity contribution in [3.05, 3.63) is 71.8 Å². The van der Waals surface area contributed by atoms with E-state index in [1.165, 1.54) is 0 Å². The largest absolute Gasteiger partial charge is 0.480 e. The van der Waals surface area contributed by atoms with Crippen LogP contribution in [-0.4, -0.2) is 40.2 Å². The summed E-state index contributed by atoms with van der Waals surface area (Å²) in [6.45, 7) is 3.74. The second-order valence-corrected chi connectivity index (χ2v) is 8.42. The number of aryl methyl sites for hydroxylation is 1. The van der Waals surface area contributed by atoms with E-state index in [-0.39, 0.29) is 18.2 Å². The van der Waals surface area contributed by atoms with Crippen molar-refractivity contribution in [2.24, 2.45) is 5.92 Å². The summed E-state index contributed by atoms with van der Waals surface area (Å²) in [5.41, 5.74) is 1.83. The molecule has 0 heterocycles. The topological polar surface area (TPSA) is 95.5 Å². The summed E-state index contributed by atoms with van der Waals surface area (Å²) in [6, 6.07) is 16.8. The normalized spacial score (nSPS) is 13.8. The third kappa shape index (κ3) is 8.09. The lowest BCUT2D eigenvalue weighted by Crippen LogP contribution is -2.53. The maximum Gasteiger partial charge on any atom is 0.326 e. The summed E-state index contributed by atoms with van der Waals surface area (Å²) < 4.78 is 0. The number of hydrogen-bond donors (Lipinski definition) is 4. The van der Waals surface area contributed by atoms with E-state index in [1.54, 1.807) is 0 Å². The van der Waals surface area contributed by atoms with Crippen molar-refractivity contribution in [2.75, 3.05) is 0 Å². The van der Waals surface area contributed by atoms with Crippen molar-refractivity contribution in [1.82, 2.24) is 10.6 Å². The van der Waals surface area contributed by atoms with E-state index in [9.17, 15) is 19.5 Å². The average Bonchev–Trinajstić information content (AvgIpc) is 2.76. The molecule has 0 saturated heterocycles. The Morgan fingerprint density at radius 3 is 1.87 bits per heavy atom. The lowest BCUT2D eigenvalue weighted by atomic mass is 10.0. The molecular weight excluding hydrogens is 412 g/mol. The first-order valence-corrected chi connectivity index (χ1v) is 10.9. The van der Waals surface area contributed by atoms with Crippen molar-refractivity contribution in [3.63, 3.8) is 0 Å². The summed E-state index contributed by atoms with van der Waals surface area (Å²) >= 11 is 4.33. The van der Waals surface area contributed by atoms with E-state index in [2.05, 4.69) is 23.3 Å². The van der Waals surface area contributed by atoms with Gasteiger partial charge < -0.3 is 15.7 Å². The molecule has 6 nitrogen and oxygen atoms in total. The highest BCUT2D eigenvalue weighted by molar-refractivity contribution is 7.81. The summed E-state index contributed by atoms with van der Waals surface area (Å²) in [5, 5.41) is 14.4. The molecule has 166 valence electrons. The Hall–Kier alpha value is -2.80. The highest BCUT2D eigenvalue weighted by Crippen LogP contribution is 2.12. The number of carboxylic acid groups (broad SMARTS) is 1. The van der Waals surface area contributed by atoms with Gasteiger partial charge in [-0.15, -0.1) is 0 Å². The van der Waals surface area contributed by atoms with Gasteiger partial charge in [0.15, 0.2) is 0 Å². The fourth-order valence-electron chi connectivity index (χ4n) is 3.11. The molecule has 2 amide bonds. The molecule has 31 heavy (non-hydrogen) atoms. The smallest absolute Gasteiger partial charge is 0.326 e. The summed E-state index contributed by atoms with van der Waals surface area (Å²) in [4.78, 5) is 37.3. The SMILES string of the molecule is CC(C)[C@H](S)C(=O)N[C@@H](CCc1ccccc1)C(=O)NC(Cc1ccccc1)C(=O)O. The van der Waals surface area contributed by atoms with Crippen LogP contribution in [0.2, 0.25) is 0 Å². The van der Waals surface area contributed by atoms with E-state index in [1.807, 2.05) is 74.5 Å². The Bertz CT molecular complexity index is 858. The Balaban J connectivity index is 2.12. The van der Waals surface area contributed by atoms with Gasteiger partial charge in [0, 0.05) is 6.42 Å². The van der Waals surface area contributed by atoms with Gasteiger partial charge >= 0.3 is 5.97 Å². The maximum absolute atomic E-state index is 13.0. The molecule has 2 aromatic rings. The second kappa shape index (κ2) is 12.2. The van der Waals surface area contributed by atoms with Crippen LogP contribution in [0.1, 0.15) is 31.4 Å². The molecule has 0 aromatic heterocycles. The molecule has 0 saturated carbocycles. The van der Waals surface area contributed by atoms with Gasteiger partial charge in [-0.2, -0.15) is 12.6 Å². The standard InChI is InChI=1S/C24H30N2O4S/c1-16(2)21(31)23(28)25-19(14-13-17-9-5-3-6-10-17)22(27)26-20(24(29)30)15-18-11-7-4-8-12-18/h3-12,16,19-21,31H,13-15H2,1-2H3,(H,25,28)(H,26,27)(H,29,30)/t19-,20?,21-/m0/s1. The van der Waals surface area contributed by atoms with Crippen LogP contribution in [0.25, 0.3) is 0 Å². The van der Waals surface area contributed by atoms with E-state index in [0.717, 1.165) is 11.1 Å². The van der Waals surface area contributed by atoms with Crippen LogP contribution in [0.15, 0.2) is 60.7 Å². The molecule has 3 atom stereocenters. The first-order chi connectivity index (χ1) is 14.8. The quantitative estimate of drug-likeness (QED) is 0.403. The number of carboxylic acids is 1. The molecule has 0 radical (unpaired) electrons. The first-order valence-electron chi connectivity index (χ1n) is 10.4. The van der Waals surface area contributed by atoms with Crippen LogP contribution in [0, 0.1) is 5.92 Å². The number of carbonyl (C=O) groups excluding carboxylic acids is 2. The fraction of sp³-hybridized carbons (Fsp3) is 0.375. The molecule has 3 N–H and O–H groups in total. The van der Waals surface area contributed by atoms with Crippen molar-refractivity contribution < 1.29 is 19.5 Å². The fourth-order valence-corrected chi connectivity index (χ4v) is 3.18. The average molecular weight is 443 g/mol. The third-order valence-electron chi connectivity index (χ3n) is 4.99. The molecule has 2 aromatic carbocycles. The summed E-state index contributed by atoms with van der Waals surface area (Å²) in [5.74, 6) is -2.00. The highest BCUT2D eigenvalue weighted by atomic mass is 32.1. The Morgan fingerprint density at radius 1 is 0.839 bits per heavy atom. The minimum Gasteiger partial charge on any atom is -0.480 e. The van der Waals surface area contributed by atoms with Gasteiger partial charge in [0.2, 0.25) is 11.8 Å². The molecule has 0 aliphatic carbocycles. The Morgan fingerprint density at radius 2 is 1.35 bits per heavy atom. The molecule has 0 aliphatic heterocycles. The lowest BCUT2D eigenvalue weighted by Gasteiger charge is -2.24. The number of hydrogen-bond acceptors (Lipinski definition) is 4. The Labute approximate surface area is 188 Å². The number of rotatable bonds is 11. The number of benzene rings is 2. The zero-order valence-electron chi connectivity index (χ0n) is 17.8. The third-order valence-corrected chi connectivity index (χ3v) is 5.83. The molecule has 2 rings (SSSR count).